The Labute approximate surface area is 144 Å². The average Bonchev–Trinajstić information content (AvgIpc) is 2.59. The van der Waals surface area contributed by atoms with Gasteiger partial charge in [-0.1, -0.05) is 42.5 Å². The highest BCUT2D eigenvalue weighted by atomic mass is 16.3. The first-order chi connectivity index (χ1) is 11.7. The summed E-state index contributed by atoms with van der Waals surface area (Å²) in [5.41, 5.74) is 0.808. The molecule has 128 valence electrons. The maximum Gasteiger partial charge on any atom is 0.0728 e. The maximum absolute atomic E-state index is 11.2. The van der Waals surface area contributed by atoms with Gasteiger partial charge in [-0.05, 0) is 42.6 Å². The van der Waals surface area contributed by atoms with Crippen LogP contribution in [-0.2, 0) is 0 Å². The molecule has 0 amide bonds. The minimum Gasteiger partial charge on any atom is -0.389 e. The molecule has 24 heavy (non-hydrogen) atoms. The lowest BCUT2D eigenvalue weighted by molar-refractivity contribution is -0.0662. The highest BCUT2D eigenvalue weighted by Gasteiger charge is 2.44. The molecule has 0 bridgehead atoms. The molecule has 1 unspecified atom stereocenters. The van der Waals surface area contributed by atoms with Crippen LogP contribution in [0.15, 0.2) is 42.5 Å². The molecule has 1 saturated carbocycles. The molecular weight excluding hydrogens is 296 g/mol. The van der Waals surface area contributed by atoms with E-state index < -0.39 is 5.60 Å². The van der Waals surface area contributed by atoms with Gasteiger partial charge in [0, 0.05) is 38.6 Å². The molecule has 1 atom stereocenters. The smallest absolute Gasteiger partial charge is 0.0728 e. The Kier molecular flexibility index (Phi) is 4.33. The van der Waals surface area contributed by atoms with E-state index in [1.807, 2.05) is 0 Å². The monoisotopic (exact) mass is 324 g/mol. The molecule has 3 heteroatoms. The van der Waals surface area contributed by atoms with E-state index in [2.05, 4.69) is 59.3 Å². The predicted octanol–water partition coefficient (Wildman–Crippen LogP) is 3.09. The van der Waals surface area contributed by atoms with Crippen LogP contribution in [0.2, 0.25) is 0 Å². The van der Waals surface area contributed by atoms with Crippen LogP contribution in [0, 0.1) is 0 Å². The SMILES string of the molecule is CN1CCN(CC(c2cccc3ccccc23)C2(O)CCC2)CC1. The van der Waals surface area contributed by atoms with Crippen molar-refractivity contribution in [3.8, 4) is 0 Å². The fourth-order valence-electron chi connectivity index (χ4n) is 4.29. The number of hydrogen-bond donors (Lipinski definition) is 1. The summed E-state index contributed by atoms with van der Waals surface area (Å²) in [6, 6.07) is 15.2. The molecule has 1 heterocycles. The fourth-order valence-corrected chi connectivity index (χ4v) is 4.29. The molecule has 0 radical (unpaired) electrons. The first-order valence-corrected chi connectivity index (χ1v) is 9.27. The molecule has 1 aliphatic heterocycles. The van der Waals surface area contributed by atoms with Gasteiger partial charge in [0.1, 0.15) is 0 Å². The lowest BCUT2D eigenvalue weighted by atomic mass is 9.67. The number of rotatable bonds is 4. The van der Waals surface area contributed by atoms with Gasteiger partial charge in [0.25, 0.3) is 0 Å². The minimum atomic E-state index is -0.520. The van der Waals surface area contributed by atoms with Crippen LogP contribution in [0.4, 0.5) is 0 Å². The summed E-state index contributed by atoms with van der Waals surface area (Å²) in [5, 5.41) is 13.8. The molecule has 0 spiro atoms. The van der Waals surface area contributed by atoms with Crippen molar-refractivity contribution in [3.05, 3.63) is 48.0 Å². The molecule has 1 saturated heterocycles. The van der Waals surface area contributed by atoms with Crippen molar-refractivity contribution in [2.75, 3.05) is 39.8 Å². The standard InChI is InChI=1S/C21H28N2O/c1-22-12-14-23(15-13-22)16-20(21(24)10-5-11-21)19-9-4-7-17-6-2-3-8-18(17)19/h2-4,6-9,20,24H,5,10-16H2,1H3. The normalized spacial score (nSPS) is 23.1. The van der Waals surface area contributed by atoms with Gasteiger partial charge in [-0.15, -0.1) is 0 Å². The number of likely N-dealkylation sites (N-methyl/N-ethyl adjacent to an activating group) is 1. The highest BCUT2D eigenvalue weighted by molar-refractivity contribution is 5.86. The molecule has 4 rings (SSSR count). The summed E-state index contributed by atoms with van der Waals surface area (Å²) in [5.74, 6) is 0.209. The van der Waals surface area contributed by atoms with Gasteiger partial charge in [0.2, 0.25) is 0 Å². The molecular formula is C21H28N2O. The number of hydrogen-bond acceptors (Lipinski definition) is 3. The second-order valence-electron chi connectivity index (χ2n) is 7.68. The van der Waals surface area contributed by atoms with Crippen LogP contribution < -0.4 is 0 Å². The van der Waals surface area contributed by atoms with E-state index in [1.165, 1.54) is 16.3 Å². The van der Waals surface area contributed by atoms with Gasteiger partial charge < -0.3 is 14.9 Å². The summed E-state index contributed by atoms with van der Waals surface area (Å²) in [6.45, 7) is 5.43. The van der Waals surface area contributed by atoms with Crippen molar-refractivity contribution < 1.29 is 5.11 Å². The molecule has 3 nitrogen and oxygen atoms in total. The van der Waals surface area contributed by atoms with Crippen molar-refractivity contribution >= 4 is 10.8 Å². The summed E-state index contributed by atoms with van der Waals surface area (Å²) >= 11 is 0. The van der Waals surface area contributed by atoms with Crippen LogP contribution in [0.3, 0.4) is 0 Å². The molecule has 1 N–H and O–H groups in total. The Bertz CT molecular complexity index is 697. The Hall–Kier alpha value is -1.42. The molecule has 2 aromatic rings. The maximum atomic E-state index is 11.2. The van der Waals surface area contributed by atoms with Crippen molar-refractivity contribution in [3.63, 3.8) is 0 Å². The van der Waals surface area contributed by atoms with Crippen LogP contribution in [0.5, 0.6) is 0 Å². The third-order valence-corrected chi connectivity index (χ3v) is 6.10. The van der Waals surface area contributed by atoms with E-state index in [1.54, 1.807) is 0 Å². The van der Waals surface area contributed by atoms with Crippen LogP contribution >= 0.6 is 0 Å². The predicted molar refractivity (Wildman–Crippen MR) is 99.4 cm³/mol. The van der Waals surface area contributed by atoms with Crippen molar-refractivity contribution in [2.24, 2.45) is 0 Å². The minimum absolute atomic E-state index is 0.209. The van der Waals surface area contributed by atoms with E-state index in [9.17, 15) is 5.11 Å². The fraction of sp³-hybridized carbons (Fsp3) is 0.524. The zero-order valence-electron chi connectivity index (χ0n) is 14.6. The van der Waals surface area contributed by atoms with Gasteiger partial charge in [-0.25, -0.2) is 0 Å². The number of aliphatic hydroxyl groups is 1. The summed E-state index contributed by atoms with van der Waals surface area (Å²) < 4.78 is 0. The summed E-state index contributed by atoms with van der Waals surface area (Å²) in [4.78, 5) is 4.93. The largest absolute Gasteiger partial charge is 0.389 e. The second-order valence-corrected chi connectivity index (χ2v) is 7.68. The topological polar surface area (TPSA) is 26.7 Å². The number of fused-ring (bicyclic) bond motifs is 1. The van der Waals surface area contributed by atoms with Crippen molar-refractivity contribution in [1.82, 2.24) is 9.80 Å². The van der Waals surface area contributed by atoms with Gasteiger partial charge in [0.15, 0.2) is 0 Å². The van der Waals surface area contributed by atoms with Crippen LogP contribution in [-0.4, -0.2) is 60.3 Å². The molecule has 2 fully saturated rings. The van der Waals surface area contributed by atoms with Crippen LogP contribution in [0.25, 0.3) is 10.8 Å². The third-order valence-electron chi connectivity index (χ3n) is 6.10. The Morgan fingerprint density at radius 3 is 2.42 bits per heavy atom. The average molecular weight is 324 g/mol. The van der Waals surface area contributed by atoms with E-state index in [0.29, 0.717) is 0 Å². The van der Waals surface area contributed by atoms with E-state index in [4.69, 9.17) is 0 Å². The Morgan fingerprint density at radius 1 is 1.00 bits per heavy atom. The first kappa shape index (κ1) is 16.1. The zero-order valence-corrected chi connectivity index (χ0v) is 14.6. The number of piperazine rings is 1. The van der Waals surface area contributed by atoms with Crippen LogP contribution in [0.1, 0.15) is 30.7 Å². The van der Waals surface area contributed by atoms with Gasteiger partial charge >= 0.3 is 0 Å². The molecule has 2 aliphatic rings. The molecule has 0 aromatic heterocycles. The Balaban J connectivity index is 1.67. The van der Waals surface area contributed by atoms with E-state index >= 15 is 0 Å². The Morgan fingerprint density at radius 2 is 1.71 bits per heavy atom. The highest BCUT2D eigenvalue weighted by Crippen LogP contribution is 2.45. The number of benzene rings is 2. The quantitative estimate of drug-likeness (QED) is 0.936. The number of nitrogens with zero attached hydrogens (tertiary/aromatic N) is 2. The summed E-state index contributed by atoms with van der Waals surface area (Å²) in [7, 11) is 2.19. The van der Waals surface area contributed by atoms with E-state index in [-0.39, 0.29) is 5.92 Å². The lowest BCUT2D eigenvalue weighted by Crippen LogP contribution is -2.51. The first-order valence-electron chi connectivity index (χ1n) is 9.27. The van der Waals surface area contributed by atoms with E-state index in [0.717, 1.165) is 52.0 Å². The lowest BCUT2D eigenvalue weighted by Gasteiger charge is -2.46. The van der Waals surface area contributed by atoms with Crippen molar-refractivity contribution in [2.45, 2.75) is 30.8 Å². The zero-order chi connectivity index (χ0) is 16.6. The summed E-state index contributed by atoms with van der Waals surface area (Å²) in [6.07, 6.45) is 3.03. The second kappa shape index (κ2) is 6.47. The van der Waals surface area contributed by atoms with Gasteiger partial charge in [-0.3, -0.25) is 0 Å². The third kappa shape index (κ3) is 2.97. The molecule has 1 aliphatic carbocycles. The van der Waals surface area contributed by atoms with Crippen molar-refractivity contribution in [1.29, 1.82) is 0 Å². The molecule has 2 aromatic carbocycles. The van der Waals surface area contributed by atoms with Gasteiger partial charge in [0.05, 0.1) is 5.60 Å². The van der Waals surface area contributed by atoms with Gasteiger partial charge in [-0.2, -0.15) is 0 Å².